The van der Waals surface area contributed by atoms with E-state index >= 15 is 0 Å². The molecule has 2 aromatic rings. The number of anilines is 1. The van der Waals surface area contributed by atoms with Crippen molar-refractivity contribution >= 4 is 23.4 Å². The first-order valence-corrected chi connectivity index (χ1v) is 12.5. The number of rotatable bonds is 5. The van der Waals surface area contributed by atoms with Crippen LogP contribution in [-0.4, -0.2) is 62.0 Å². The highest BCUT2D eigenvalue weighted by Gasteiger charge is 2.31. The highest BCUT2D eigenvalue weighted by molar-refractivity contribution is 7.90. The Morgan fingerprint density at radius 1 is 1.03 bits per heavy atom. The highest BCUT2D eigenvalue weighted by atomic mass is 32.2. The summed E-state index contributed by atoms with van der Waals surface area (Å²) in [6.07, 6.45) is 3.08. The monoisotopic (exact) mass is 491 g/mol. The van der Waals surface area contributed by atoms with E-state index in [0.717, 1.165) is 11.1 Å². The lowest BCUT2D eigenvalue weighted by atomic mass is 10.0. The van der Waals surface area contributed by atoms with E-state index in [1.165, 1.54) is 12.1 Å². The lowest BCUT2D eigenvalue weighted by Gasteiger charge is -2.35. The lowest BCUT2D eigenvalue weighted by Crippen LogP contribution is -2.50. The summed E-state index contributed by atoms with van der Waals surface area (Å²) in [5, 5.41) is 0. The summed E-state index contributed by atoms with van der Waals surface area (Å²) in [7, 11) is 0. The molecule has 186 valence electrons. The number of nitrogens with one attached hydrogen (secondary N) is 1. The molecule has 10 heteroatoms. The quantitative estimate of drug-likeness (QED) is 0.636. The van der Waals surface area contributed by atoms with Gasteiger partial charge < -0.3 is 19.1 Å². The standard InChI is InChI=1S/C24H34FN5O3S/c1-23(2,3)33-22(31)30-13-11-29(12-14-30)21-26-15-18(16-27-21)20(28-34(32)24(4,5)6)17-7-9-19(25)10-8-17/h7-10,15-16,20,28H,11-14H2,1-6H3/t20-,34?/m0/s1. The van der Waals surface area contributed by atoms with E-state index in [1.54, 1.807) is 29.4 Å². The maximum absolute atomic E-state index is 13.5. The second-order valence-electron chi connectivity index (χ2n) is 10.3. The van der Waals surface area contributed by atoms with E-state index in [0.29, 0.717) is 32.1 Å². The number of nitrogens with zero attached hydrogens (tertiary/aromatic N) is 4. The van der Waals surface area contributed by atoms with Crippen molar-refractivity contribution in [3.8, 4) is 0 Å². The van der Waals surface area contributed by atoms with Crippen LogP contribution in [0, 0.1) is 5.82 Å². The van der Waals surface area contributed by atoms with Crippen molar-refractivity contribution in [1.29, 1.82) is 0 Å². The predicted molar refractivity (Wildman–Crippen MR) is 131 cm³/mol. The molecule has 0 spiro atoms. The number of carbonyl (C=O) groups is 1. The zero-order valence-electron chi connectivity index (χ0n) is 20.7. The summed E-state index contributed by atoms with van der Waals surface area (Å²) in [4.78, 5) is 25.1. The van der Waals surface area contributed by atoms with E-state index in [-0.39, 0.29) is 11.9 Å². The molecule has 1 aromatic heterocycles. The summed E-state index contributed by atoms with van der Waals surface area (Å²) in [5.74, 6) is 0.221. The molecule has 1 saturated heterocycles. The fraction of sp³-hybridized carbons (Fsp3) is 0.542. The molecule has 1 aliphatic heterocycles. The zero-order valence-corrected chi connectivity index (χ0v) is 21.5. The van der Waals surface area contributed by atoms with Gasteiger partial charge in [-0.25, -0.2) is 19.2 Å². The summed E-state index contributed by atoms with van der Waals surface area (Å²) in [5.41, 5.74) is 0.959. The molecule has 3 rings (SSSR count). The van der Waals surface area contributed by atoms with E-state index < -0.39 is 27.8 Å². The van der Waals surface area contributed by atoms with Crippen LogP contribution in [0.4, 0.5) is 15.1 Å². The van der Waals surface area contributed by atoms with Gasteiger partial charge in [0, 0.05) is 55.5 Å². The Morgan fingerprint density at radius 3 is 2.09 bits per heavy atom. The van der Waals surface area contributed by atoms with Gasteiger partial charge in [0.05, 0.1) is 0 Å². The van der Waals surface area contributed by atoms with Crippen molar-refractivity contribution in [1.82, 2.24) is 19.6 Å². The van der Waals surface area contributed by atoms with Crippen molar-refractivity contribution < 1.29 is 18.5 Å². The van der Waals surface area contributed by atoms with E-state index in [9.17, 15) is 13.7 Å². The Hall–Kier alpha value is -2.43. The molecule has 2 heterocycles. The van der Waals surface area contributed by atoms with Crippen LogP contribution in [0.15, 0.2) is 36.7 Å². The van der Waals surface area contributed by atoms with Crippen molar-refractivity contribution in [3.63, 3.8) is 0 Å². The van der Waals surface area contributed by atoms with E-state index in [1.807, 2.05) is 46.4 Å². The minimum Gasteiger partial charge on any atom is -0.598 e. The number of amides is 1. The topological polar surface area (TPSA) is 93.7 Å². The van der Waals surface area contributed by atoms with Gasteiger partial charge in [-0.05, 0) is 59.2 Å². The molecule has 1 unspecified atom stereocenters. The maximum atomic E-state index is 13.5. The third kappa shape index (κ3) is 7.04. The Labute approximate surface area is 204 Å². The summed E-state index contributed by atoms with van der Waals surface area (Å²) >= 11 is -1.36. The molecule has 1 aliphatic rings. The van der Waals surface area contributed by atoms with Crippen LogP contribution in [0.1, 0.15) is 58.7 Å². The fourth-order valence-electron chi connectivity index (χ4n) is 3.33. The average molecular weight is 492 g/mol. The number of piperazine rings is 1. The van der Waals surface area contributed by atoms with Crippen molar-refractivity contribution in [2.75, 3.05) is 31.1 Å². The second kappa shape index (κ2) is 10.5. The molecule has 1 fully saturated rings. The van der Waals surface area contributed by atoms with Gasteiger partial charge in [-0.3, -0.25) is 0 Å². The molecule has 8 nitrogen and oxygen atoms in total. The molecule has 2 atom stereocenters. The van der Waals surface area contributed by atoms with E-state index in [4.69, 9.17) is 4.74 Å². The normalized spacial score (nSPS) is 16.8. The molecule has 0 radical (unpaired) electrons. The molecule has 1 N–H and O–H groups in total. The zero-order chi connectivity index (χ0) is 25.1. The average Bonchev–Trinajstić information content (AvgIpc) is 2.76. The second-order valence-corrected chi connectivity index (χ2v) is 12.3. The number of carbonyl (C=O) groups excluding carboxylic acids is 1. The van der Waals surface area contributed by atoms with Crippen LogP contribution in [-0.2, 0) is 16.1 Å². The van der Waals surface area contributed by atoms with E-state index in [2.05, 4.69) is 14.7 Å². The number of halogens is 1. The molecule has 34 heavy (non-hydrogen) atoms. The van der Waals surface area contributed by atoms with Gasteiger partial charge in [0.2, 0.25) is 5.95 Å². The molecule has 0 bridgehead atoms. The molecule has 1 amide bonds. The Morgan fingerprint density at radius 2 is 1.59 bits per heavy atom. The first kappa shape index (κ1) is 26.2. The minimum absolute atomic E-state index is 0.316. The first-order chi connectivity index (χ1) is 15.8. The lowest BCUT2D eigenvalue weighted by molar-refractivity contribution is 0.0240. The van der Waals surface area contributed by atoms with Gasteiger partial charge in [-0.15, -0.1) is 4.72 Å². The largest absolute Gasteiger partial charge is 0.598 e. The SMILES string of the molecule is CC(C)(C)OC(=O)N1CCN(c2ncc([C@@H](N[S+]([O-])C(C)(C)C)c3ccc(F)cc3)cn2)CC1. The number of hydrogen-bond donors (Lipinski definition) is 1. The van der Waals surface area contributed by atoms with Crippen LogP contribution in [0.3, 0.4) is 0 Å². The number of hydrogen-bond acceptors (Lipinski definition) is 7. The summed E-state index contributed by atoms with van der Waals surface area (Å²) in [6, 6.07) is 5.62. The first-order valence-electron chi connectivity index (χ1n) is 11.3. The summed E-state index contributed by atoms with van der Waals surface area (Å²) < 4.78 is 34.4. The predicted octanol–water partition coefficient (Wildman–Crippen LogP) is 3.81. The van der Waals surface area contributed by atoms with Crippen molar-refractivity contribution in [2.45, 2.75) is 57.9 Å². The maximum Gasteiger partial charge on any atom is 0.410 e. The molecule has 0 aliphatic carbocycles. The Kier molecular flexibility index (Phi) is 8.05. The van der Waals surface area contributed by atoms with Crippen LogP contribution in [0.5, 0.6) is 0 Å². The van der Waals surface area contributed by atoms with Crippen LogP contribution >= 0.6 is 0 Å². The fourth-order valence-corrected chi connectivity index (χ4v) is 4.17. The van der Waals surface area contributed by atoms with Gasteiger partial charge in [-0.2, -0.15) is 0 Å². The third-order valence-corrected chi connectivity index (χ3v) is 6.75. The van der Waals surface area contributed by atoms with Gasteiger partial charge >= 0.3 is 6.09 Å². The number of ether oxygens (including phenoxy) is 1. The smallest absolute Gasteiger partial charge is 0.410 e. The molecular formula is C24H34FN5O3S. The number of benzene rings is 1. The van der Waals surface area contributed by atoms with Gasteiger partial charge in [0.25, 0.3) is 0 Å². The van der Waals surface area contributed by atoms with Crippen molar-refractivity contribution in [2.24, 2.45) is 0 Å². The Bertz CT molecular complexity index is 953. The minimum atomic E-state index is -1.36. The summed E-state index contributed by atoms with van der Waals surface area (Å²) in [6.45, 7) is 13.4. The third-order valence-electron chi connectivity index (χ3n) is 5.19. The van der Waals surface area contributed by atoms with Gasteiger partial charge in [0.1, 0.15) is 22.2 Å². The number of aromatic nitrogens is 2. The van der Waals surface area contributed by atoms with Crippen LogP contribution in [0.2, 0.25) is 0 Å². The highest BCUT2D eigenvalue weighted by Crippen LogP contribution is 2.26. The van der Waals surface area contributed by atoms with Crippen LogP contribution in [0.25, 0.3) is 0 Å². The van der Waals surface area contributed by atoms with Crippen molar-refractivity contribution in [3.05, 3.63) is 53.6 Å². The van der Waals surface area contributed by atoms with Crippen LogP contribution < -0.4 is 9.62 Å². The Balaban J connectivity index is 1.71. The molecular weight excluding hydrogens is 457 g/mol. The molecule has 0 saturated carbocycles. The van der Waals surface area contributed by atoms with Gasteiger partial charge in [-0.1, -0.05) is 12.1 Å². The molecule has 1 aromatic carbocycles. The van der Waals surface area contributed by atoms with Gasteiger partial charge in [0.15, 0.2) is 0 Å².